The van der Waals surface area contributed by atoms with Crippen molar-refractivity contribution < 1.29 is 4.74 Å². The maximum atomic E-state index is 6.20. The maximum Gasteiger partial charge on any atom is 0.142 e. The molecule has 0 aliphatic carbocycles. The molecular formula is C15H20ClN3O. The number of hydrogen-bond donors (Lipinski definition) is 1. The second-order valence-electron chi connectivity index (χ2n) is 4.97. The predicted molar refractivity (Wildman–Crippen MR) is 81.0 cm³/mol. The van der Waals surface area contributed by atoms with Crippen molar-refractivity contribution in [1.29, 1.82) is 0 Å². The Morgan fingerprint density at radius 2 is 2.20 bits per heavy atom. The number of halogens is 1. The monoisotopic (exact) mass is 293 g/mol. The van der Waals surface area contributed by atoms with Crippen molar-refractivity contribution in [1.82, 2.24) is 9.78 Å². The molecule has 1 aromatic heterocycles. The lowest BCUT2D eigenvalue weighted by atomic mass is 10.0. The zero-order valence-corrected chi connectivity index (χ0v) is 12.8. The minimum absolute atomic E-state index is 0.0995. The van der Waals surface area contributed by atoms with Gasteiger partial charge in [0.2, 0.25) is 0 Å². The van der Waals surface area contributed by atoms with Crippen LogP contribution in [0.4, 0.5) is 0 Å². The van der Waals surface area contributed by atoms with Gasteiger partial charge in [0, 0.05) is 29.9 Å². The molecule has 2 atom stereocenters. The lowest BCUT2D eigenvalue weighted by molar-refractivity contribution is 0.170. The highest BCUT2D eigenvalue weighted by molar-refractivity contribution is 6.30. The summed E-state index contributed by atoms with van der Waals surface area (Å²) in [5.74, 6) is 0.759. The van der Waals surface area contributed by atoms with E-state index in [0.29, 0.717) is 5.02 Å². The molecular weight excluding hydrogens is 274 g/mol. The fourth-order valence-corrected chi connectivity index (χ4v) is 2.20. The van der Waals surface area contributed by atoms with E-state index in [-0.39, 0.29) is 12.1 Å². The first-order valence-corrected chi connectivity index (χ1v) is 7.06. The molecule has 4 nitrogen and oxygen atoms in total. The third kappa shape index (κ3) is 3.32. The summed E-state index contributed by atoms with van der Waals surface area (Å²) in [6.07, 6.45) is 4.31. The molecule has 0 fully saturated rings. The van der Waals surface area contributed by atoms with E-state index in [4.69, 9.17) is 22.1 Å². The maximum absolute atomic E-state index is 6.20. The van der Waals surface area contributed by atoms with Gasteiger partial charge in [-0.1, -0.05) is 24.6 Å². The van der Waals surface area contributed by atoms with E-state index in [1.54, 1.807) is 10.9 Å². The Balaban J connectivity index is 2.30. The number of hydrogen-bond acceptors (Lipinski definition) is 3. The van der Waals surface area contributed by atoms with Crippen molar-refractivity contribution in [3.05, 3.63) is 46.7 Å². The molecule has 1 heterocycles. The normalized spacial score (nSPS) is 14.1. The number of nitrogens with zero attached hydrogens (tertiary/aromatic N) is 2. The van der Waals surface area contributed by atoms with E-state index < -0.39 is 0 Å². The number of aryl methyl sites for hydroxylation is 2. The zero-order valence-electron chi connectivity index (χ0n) is 12.0. The highest BCUT2D eigenvalue weighted by atomic mass is 35.5. The Morgan fingerprint density at radius 1 is 1.45 bits per heavy atom. The molecule has 20 heavy (non-hydrogen) atoms. The average molecular weight is 294 g/mol. The van der Waals surface area contributed by atoms with Crippen LogP contribution >= 0.6 is 11.6 Å². The first-order valence-electron chi connectivity index (χ1n) is 6.68. The second-order valence-corrected chi connectivity index (χ2v) is 5.40. The third-order valence-corrected chi connectivity index (χ3v) is 3.55. The number of benzene rings is 1. The van der Waals surface area contributed by atoms with Gasteiger partial charge in [0.1, 0.15) is 11.9 Å². The lowest BCUT2D eigenvalue weighted by Gasteiger charge is -2.24. The number of ether oxygens (including phenoxy) is 1. The largest absolute Gasteiger partial charge is 0.484 e. The Hall–Kier alpha value is -1.52. The van der Waals surface area contributed by atoms with Gasteiger partial charge < -0.3 is 10.5 Å². The highest BCUT2D eigenvalue weighted by Gasteiger charge is 2.22. The molecule has 0 amide bonds. The standard InChI is InChI=1S/C15H20ClN3O/c1-4-13(17)15(11-8-18-19(3)9-11)20-14-7-12(16)6-5-10(14)2/h5-9,13,15H,4,17H2,1-3H3. The van der Waals surface area contributed by atoms with Crippen molar-refractivity contribution >= 4 is 11.6 Å². The molecule has 0 aliphatic heterocycles. The SMILES string of the molecule is CCC(N)C(Oc1cc(Cl)ccc1C)c1cnn(C)c1. The molecule has 0 radical (unpaired) electrons. The summed E-state index contributed by atoms with van der Waals surface area (Å²) in [6.45, 7) is 4.03. The van der Waals surface area contributed by atoms with Crippen LogP contribution in [0.25, 0.3) is 0 Å². The van der Waals surface area contributed by atoms with Crippen molar-refractivity contribution in [2.45, 2.75) is 32.4 Å². The Kier molecular flexibility index (Phi) is 4.68. The molecule has 2 aromatic rings. The van der Waals surface area contributed by atoms with Crippen LogP contribution in [-0.4, -0.2) is 15.8 Å². The average Bonchev–Trinajstić information content (AvgIpc) is 2.85. The minimum Gasteiger partial charge on any atom is -0.484 e. The summed E-state index contributed by atoms with van der Waals surface area (Å²) in [5.41, 5.74) is 8.21. The number of aromatic nitrogens is 2. The Labute approximate surface area is 124 Å². The van der Waals surface area contributed by atoms with Crippen LogP contribution in [0.5, 0.6) is 5.75 Å². The van der Waals surface area contributed by atoms with E-state index in [2.05, 4.69) is 5.10 Å². The smallest absolute Gasteiger partial charge is 0.142 e. The van der Waals surface area contributed by atoms with Crippen LogP contribution in [0.1, 0.15) is 30.6 Å². The van der Waals surface area contributed by atoms with Crippen molar-refractivity contribution in [3.8, 4) is 5.75 Å². The highest BCUT2D eigenvalue weighted by Crippen LogP contribution is 2.29. The fourth-order valence-electron chi connectivity index (χ4n) is 2.04. The van der Waals surface area contributed by atoms with Gasteiger partial charge in [-0.15, -0.1) is 0 Å². The van der Waals surface area contributed by atoms with Crippen LogP contribution in [0.3, 0.4) is 0 Å². The molecule has 0 saturated carbocycles. The molecule has 5 heteroatoms. The summed E-state index contributed by atoms with van der Waals surface area (Å²) >= 11 is 6.04. The van der Waals surface area contributed by atoms with Crippen LogP contribution < -0.4 is 10.5 Å². The second kappa shape index (κ2) is 6.29. The fraction of sp³-hybridized carbons (Fsp3) is 0.400. The van der Waals surface area contributed by atoms with Crippen LogP contribution in [0.15, 0.2) is 30.6 Å². The summed E-state index contributed by atoms with van der Waals surface area (Å²) in [6, 6.07) is 5.51. The van der Waals surface area contributed by atoms with Crippen molar-refractivity contribution in [2.24, 2.45) is 12.8 Å². The first-order chi connectivity index (χ1) is 9.51. The molecule has 2 unspecified atom stereocenters. The molecule has 1 aromatic carbocycles. The van der Waals surface area contributed by atoms with E-state index in [9.17, 15) is 0 Å². The van der Waals surface area contributed by atoms with Gasteiger partial charge in [-0.05, 0) is 31.0 Å². The van der Waals surface area contributed by atoms with Gasteiger partial charge in [-0.25, -0.2) is 0 Å². The molecule has 0 bridgehead atoms. The molecule has 0 spiro atoms. The van der Waals surface area contributed by atoms with Gasteiger partial charge in [-0.3, -0.25) is 4.68 Å². The molecule has 0 aliphatic rings. The van der Waals surface area contributed by atoms with E-state index in [0.717, 1.165) is 23.3 Å². The third-order valence-electron chi connectivity index (χ3n) is 3.32. The Bertz CT molecular complexity index is 582. The van der Waals surface area contributed by atoms with E-state index in [1.165, 1.54) is 0 Å². The first kappa shape index (κ1) is 14.9. The van der Waals surface area contributed by atoms with Gasteiger partial charge >= 0.3 is 0 Å². The van der Waals surface area contributed by atoms with Gasteiger partial charge in [-0.2, -0.15) is 5.10 Å². The summed E-state index contributed by atoms with van der Waals surface area (Å²) in [5, 5.41) is 4.84. The molecule has 2 rings (SSSR count). The zero-order chi connectivity index (χ0) is 14.7. The van der Waals surface area contributed by atoms with Crippen LogP contribution in [-0.2, 0) is 7.05 Å². The molecule has 2 N–H and O–H groups in total. The lowest BCUT2D eigenvalue weighted by Crippen LogP contribution is -2.31. The van der Waals surface area contributed by atoms with Gasteiger partial charge in [0.15, 0.2) is 0 Å². The predicted octanol–water partition coefficient (Wildman–Crippen LogP) is 3.24. The number of nitrogens with two attached hydrogens (primary N) is 1. The molecule has 108 valence electrons. The van der Waals surface area contributed by atoms with Crippen LogP contribution in [0.2, 0.25) is 5.02 Å². The number of rotatable bonds is 5. The summed E-state index contributed by atoms with van der Waals surface area (Å²) in [4.78, 5) is 0. The topological polar surface area (TPSA) is 53.1 Å². The van der Waals surface area contributed by atoms with Crippen molar-refractivity contribution in [3.63, 3.8) is 0 Å². The summed E-state index contributed by atoms with van der Waals surface area (Å²) in [7, 11) is 1.88. The summed E-state index contributed by atoms with van der Waals surface area (Å²) < 4.78 is 7.86. The van der Waals surface area contributed by atoms with Crippen molar-refractivity contribution in [2.75, 3.05) is 0 Å². The quantitative estimate of drug-likeness (QED) is 0.921. The van der Waals surface area contributed by atoms with Gasteiger partial charge in [0.25, 0.3) is 0 Å². The Morgan fingerprint density at radius 3 is 2.80 bits per heavy atom. The van der Waals surface area contributed by atoms with Crippen LogP contribution in [0, 0.1) is 6.92 Å². The minimum atomic E-state index is -0.231. The van der Waals surface area contributed by atoms with Gasteiger partial charge in [0.05, 0.1) is 6.20 Å². The van der Waals surface area contributed by atoms with E-state index >= 15 is 0 Å². The van der Waals surface area contributed by atoms with E-state index in [1.807, 2.05) is 45.3 Å². The molecule has 0 saturated heterocycles.